The fraction of sp³-hybridized carbons (Fsp3) is 0.167. The summed E-state index contributed by atoms with van der Waals surface area (Å²) in [5.74, 6) is 6.17. The Kier molecular flexibility index (Phi) is 6.49. The van der Waals surface area contributed by atoms with Crippen molar-refractivity contribution in [3.8, 4) is 17.6 Å². The van der Waals surface area contributed by atoms with Gasteiger partial charge in [-0.3, -0.25) is 9.59 Å². The zero-order valence-corrected chi connectivity index (χ0v) is 16.4. The first kappa shape index (κ1) is 20.0. The normalized spacial score (nSPS) is 10.0. The number of amides is 2. The Balaban J connectivity index is 1.71. The van der Waals surface area contributed by atoms with E-state index >= 15 is 0 Å². The van der Waals surface area contributed by atoms with Crippen LogP contribution in [-0.2, 0) is 4.79 Å². The third-order valence-electron chi connectivity index (χ3n) is 4.19. The first-order chi connectivity index (χ1) is 14.1. The SMILES string of the molecule is CCOc1ccc2ccccc2c1C(=O)NCC#Cc1ccc(NC(C)=O)cc1. The summed E-state index contributed by atoms with van der Waals surface area (Å²) in [5, 5.41) is 7.38. The van der Waals surface area contributed by atoms with E-state index in [4.69, 9.17) is 4.74 Å². The number of benzene rings is 3. The van der Waals surface area contributed by atoms with E-state index in [-0.39, 0.29) is 18.4 Å². The molecule has 0 unspecified atom stereocenters. The van der Waals surface area contributed by atoms with Gasteiger partial charge in [0.15, 0.2) is 0 Å². The van der Waals surface area contributed by atoms with Crippen LogP contribution < -0.4 is 15.4 Å². The van der Waals surface area contributed by atoms with Crippen molar-refractivity contribution in [2.75, 3.05) is 18.5 Å². The van der Waals surface area contributed by atoms with Gasteiger partial charge in [0.2, 0.25) is 5.91 Å². The Labute approximate surface area is 170 Å². The summed E-state index contributed by atoms with van der Waals surface area (Å²) in [6, 6.07) is 18.7. The predicted octanol–water partition coefficient (Wildman–Crippen LogP) is 3.98. The number of rotatable bonds is 5. The zero-order chi connectivity index (χ0) is 20.6. The minimum Gasteiger partial charge on any atom is -0.493 e. The second-order valence-electron chi connectivity index (χ2n) is 6.34. The number of nitrogens with one attached hydrogen (secondary N) is 2. The number of hydrogen-bond donors (Lipinski definition) is 2. The zero-order valence-electron chi connectivity index (χ0n) is 16.4. The maximum atomic E-state index is 12.8. The van der Waals surface area contributed by atoms with Crippen LogP contribution in [0.1, 0.15) is 29.8 Å². The standard InChI is InChI=1S/C24H22N2O3/c1-3-29-22-15-12-19-8-4-5-9-21(19)23(22)24(28)25-16-6-7-18-10-13-20(14-11-18)26-17(2)27/h4-5,8-15H,3,16H2,1-2H3,(H,25,28)(H,26,27). The first-order valence-corrected chi connectivity index (χ1v) is 9.37. The molecule has 3 aromatic carbocycles. The minimum absolute atomic E-state index is 0.119. The molecule has 0 saturated heterocycles. The van der Waals surface area contributed by atoms with Gasteiger partial charge < -0.3 is 15.4 Å². The lowest BCUT2D eigenvalue weighted by Gasteiger charge is -2.12. The summed E-state index contributed by atoms with van der Waals surface area (Å²) in [4.78, 5) is 23.9. The largest absolute Gasteiger partial charge is 0.493 e. The van der Waals surface area contributed by atoms with E-state index in [2.05, 4.69) is 22.5 Å². The van der Waals surface area contributed by atoms with Crippen LogP contribution in [0.15, 0.2) is 60.7 Å². The Morgan fingerprint density at radius 1 is 1.00 bits per heavy atom. The third-order valence-corrected chi connectivity index (χ3v) is 4.19. The summed E-state index contributed by atoms with van der Waals surface area (Å²) in [6.45, 7) is 4.04. The molecule has 0 fully saturated rings. The molecule has 5 heteroatoms. The van der Waals surface area contributed by atoms with Crippen LogP contribution in [0, 0.1) is 11.8 Å². The summed E-state index contributed by atoms with van der Waals surface area (Å²) >= 11 is 0. The number of anilines is 1. The fourth-order valence-corrected chi connectivity index (χ4v) is 2.96. The van der Waals surface area contributed by atoms with Crippen molar-refractivity contribution in [3.63, 3.8) is 0 Å². The third kappa shape index (κ3) is 5.14. The summed E-state index contributed by atoms with van der Waals surface area (Å²) in [5.41, 5.74) is 2.04. The maximum Gasteiger partial charge on any atom is 0.256 e. The lowest BCUT2D eigenvalue weighted by atomic mass is 10.0. The van der Waals surface area contributed by atoms with Gasteiger partial charge in [-0.05, 0) is 48.0 Å². The predicted molar refractivity (Wildman–Crippen MR) is 115 cm³/mol. The Morgan fingerprint density at radius 3 is 2.48 bits per heavy atom. The average molecular weight is 386 g/mol. The second-order valence-corrected chi connectivity index (χ2v) is 6.34. The van der Waals surface area contributed by atoms with E-state index in [1.165, 1.54) is 6.92 Å². The van der Waals surface area contributed by atoms with E-state index in [9.17, 15) is 9.59 Å². The number of ether oxygens (including phenoxy) is 1. The lowest BCUT2D eigenvalue weighted by Crippen LogP contribution is -2.24. The van der Waals surface area contributed by atoms with Gasteiger partial charge in [0.25, 0.3) is 5.91 Å². The number of hydrogen-bond acceptors (Lipinski definition) is 3. The van der Waals surface area contributed by atoms with Gasteiger partial charge in [-0.2, -0.15) is 0 Å². The average Bonchev–Trinajstić information content (AvgIpc) is 2.72. The monoisotopic (exact) mass is 386 g/mol. The van der Waals surface area contributed by atoms with Gasteiger partial charge in [0, 0.05) is 18.2 Å². The molecule has 2 amide bonds. The molecule has 0 radical (unpaired) electrons. The van der Waals surface area contributed by atoms with Crippen molar-refractivity contribution in [2.45, 2.75) is 13.8 Å². The highest BCUT2D eigenvalue weighted by Gasteiger charge is 2.15. The second kappa shape index (κ2) is 9.43. The summed E-state index contributed by atoms with van der Waals surface area (Å²) in [6.07, 6.45) is 0. The number of carbonyl (C=O) groups excluding carboxylic acids is 2. The summed E-state index contributed by atoms with van der Waals surface area (Å²) in [7, 11) is 0. The quantitative estimate of drug-likeness (QED) is 0.652. The van der Waals surface area contributed by atoms with E-state index in [1.54, 1.807) is 12.1 Å². The van der Waals surface area contributed by atoms with Crippen LogP contribution in [-0.4, -0.2) is 25.0 Å². The van der Waals surface area contributed by atoms with Crippen LogP contribution in [0.2, 0.25) is 0 Å². The van der Waals surface area contributed by atoms with E-state index < -0.39 is 0 Å². The van der Waals surface area contributed by atoms with E-state index in [1.807, 2.05) is 55.5 Å². The van der Waals surface area contributed by atoms with Crippen molar-refractivity contribution < 1.29 is 14.3 Å². The Morgan fingerprint density at radius 2 is 1.76 bits per heavy atom. The lowest BCUT2D eigenvalue weighted by molar-refractivity contribution is -0.114. The molecule has 146 valence electrons. The van der Waals surface area contributed by atoms with Crippen molar-refractivity contribution in [1.82, 2.24) is 5.32 Å². The molecule has 0 aliphatic carbocycles. The van der Waals surface area contributed by atoms with Gasteiger partial charge in [-0.1, -0.05) is 42.2 Å². The smallest absolute Gasteiger partial charge is 0.256 e. The molecule has 0 aliphatic rings. The molecule has 5 nitrogen and oxygen atoms in total. The highest BCUT2D eigenvalue weighted by molar-refractivity contribution is 6.09. The van der Waals surface area contributed by atoms with Crippen LogP contribution in [0.5, 0.6) is 5.75 Å². The molecule has 3 rings (SSSR count). The molecule has 0 aromatic heterocycles. The molecule has 0 heterocycles. The van der Waals surface area contributed by atoms with Gasteiger partial charge >= 0.3 is 0 Å². The van der Waals surface area contributed by atoms with E-state index in [0.29, 0.717) is 17.9 Å². The highest BCUT2D eigenvalue weighted by Crippen LogP contribution is 2.28. The first-order valence-electron chi connectivity index (χ1n) is 9.37. The van der Waals surface area contributed by atoms with Crippen LogP contribution in [0.3, 0.4) is 0 Å². The van der Waals surface area contributed by atoms with Gasteiger partial charge in [-0.15, -0.1) is 0 Å². The maximum absolute atomic E-state index is 12.8. The highest BCUT2D eigenvalue weighted by atomic mass is 16.5. The molecule has 2 N–H and O–H groups in total. The van der Waals surface area contributed by atoms with Crippen molar-refractivity contribution >= 4 is 28.3 Å². The summed E-state index contributed by atoms with van der Waals surface area (Å²) < 4.78 is 5.65. The molecule has 3 aromatic rings. The minimum atomic E-state index is -0.222. The van der Waals surface area contributed by atoms with Gasteiger partial charge in [-0.25, -0.2) is 0 Å². The topological polar surface area (TPSA) is 67.4 Å². The van der Waals surface area contributed by atoms with Gasteiger partial charge in [0.1, 0.15) is 5.75 Å². The number of carbonyl (C=O) groups is 2. The molecule has 0 spiro atoms. The van der Waals surface area contributed by atoms with Crippen molar-refractivity contribution in [2.24, 2.45) is 0 Å². The van der Waals surface area contributed by atoms with Crippen molar-refractivity contribution in [3.05, 3.63) is 71.8 Å². The molecule has 0 saturated carbocycles. The fourth-order valence-electron chi connectivity index (χ4n) is 2.96. The van der Waals surface area contributed by atoms with Crippen molar-refractivity contribution in [1.29, 1.82) is 0 Å². The molecule has 0 bridgehead atoms. The van der Waals surface area contributed by atoms with E-state index in [0.717, 1.165) is 22.0 Å². The van der Waals surface area contributed by atoms with Crippen LogP contribution in [0.4, 0.5) is 5.69 Å². The molecule has 29 heavy (non-hydrogen) atoms. The Bertz CT molecular complexity index is 1090. The molecule has 0 atom stereocenters. The van der Waals surface area contributed by atoms with Crippen LogP contribution >= 0.6 is 0 Å². The Hall–Kier alpha value is -3.78. The molecular formula is C24H22N2O3. The van der Waals surface area contributed by atoms with Gasteiger partial charge in [0.05, 0.1) is 18.7 Å². The molecule has 0 aliphatic heterocycles. The molecular weight excluding hydrogens is 364 g/mol. The number of fused-ring (bicyclic) bond motifs is 1. The van der Waals surface area contributed by atoms with Crippen LogP contribution in [0.25, 0.3) is 10.8 Å².